The van der Waals surface area contributed by atoms with E-state index in [1.165, 1.54) is 31.4 Å². The summed E-state index contributed by atoms with van der Waals surface area (Å²) in [5.74, 6) is 0.319. The molecule has 9 heteroatoms. The summed E-state index contributed by atoms with van der Waals surface area (Å²) in [5, 5.41) is 2.71. The highest BCUT2D eigenvalue weighted by Crippen LogP contribution is 2.19. The van der Waals surface area contributed by atoms with Gasteiger partial charge in [-0.25, -0.2) is 8.42 Å². The first-order valence-electron chi connectivity index (χ1n) is 7.95. The smallest absolute Gasteiger partial charge is 0.261 e. The SMILES string of the molecule is COc1ccc(NS(=O)(=O)c2ccc(C(=O)NCC(C)(C)N)cc2)cc1.Cl. The summed E-state index contributed by atoms with van der Waals surface area (Å²) in [6, 6.07) is 12.2. The summed E-state index contributed by atoms with van der Waals surface area (Å²) in [7, 11) is -2.22. The molecule has 0 spiro atoms. The Balaban J connectivity index is 0.00000364. The van der Waals surface area contributed by atoms with Crippen LogP contribution in [0.1, 0.15) is 24.2 Å². The summed E-state index contributed by atoms with van der Waals surface area (Å²) in [5.41, 5.74) is 6.07. The van der Waals surface area contributed by atoms with E-state index in [0.29, 0.717) is 23.5 Å². The Hall–Kier alpha value is -2.29. The van der Waals surface area contributed by atoms with Crippen molar-refractivity contribution in [3.63, 3.8) is 0 Å². The molecule has 0 aromatic heterocycles. The molecule has 1 amide bonds. The third-order valence-corrected chi connectivity index (χ3v) is 4.87. The lowest BCUT2D eigenvalue weighted by Crippen LogP contribution is -2.45. The largest absolute Gasteiger partial charge is 0.497 e. The minimum atomic E-state index is -3.75. The van der Waals surface area contributed by atoms with Crippen molar-refractivity contribution < 1.29 is 17.9 Å². The summed E-state index contributed by atoms with van der Waals surface area (Å²) in [6.45, 7) is 3.91. The van der Waals surface area contributed by atoms with Gasteiger partial charge in [0.25, 0.3) is 15.9 Å². The second-order valence-corrected chi connectivity index (χ2v) is 8.21. The average molecular weight is 414 g/mol. The predicted octanol–water partition coefficient (Wildman–Crippen LogP) is 2.38. The monoisotopic (exact) mass is 413 g/mol. The predicted molar refractivity (Wildman–Crippen MR) is 108 cm³/mol. The quantitative estimate of drug-likeness (QED) is 0.645. The molecule has 148 valence electrons. The lowest BCUT2D eigenvalue weighted by Gasteiger charge is -2.18. The first kappa shape index (κ1) is 22.8. The van der Waals surface area contributed by atoms with Crippen LogP contribution in [0.2, 0.25) is 0 Å². The molecule has 0 saturated heterocycles. The van der Waals surface area contributed by atoms with Crippen molar-refractivity contribution in [3.8, 4) is 5.75 Å². The second kappa shape index (κ2) is 9.07. The number of methoxy groups -OCH3 is 1. The maximum atomic E-state index is 12.4. The molecule has 0 fully saturated rings. The van der Waals surface area contributed by atoms with Crippen LogP contribution >= 0.6 is 12.4 Å². The van der Waals surface area contributed by atoms with Gasteiger partial charge in [-0.2, -0.15) is 0 Å². The van der Waals surface area contributed by atoms with E-state index in [0.717, 1.165) is 0 Å². The van der Waals surface area contributed by atoms with E-state index in [1.54, 1.807) is 38.1 Å². The fraction of sp³-hybridized carbons (Fsp3) is 0.278. The number of hydrogen-bond donors (Lipinski definition) is 3. The molecule has 2 aromatic carbocycles. The molecular weight excluding hydrogens is 390 g/mol. The Morgan fingerprint density at radius 3 is 2.11 bits per heavy atom. The van der Waals surface area contributed by atoms with Crippen molar-refractivity contribution in [2.24, 2.45) is 5.73 Å². The van der Waals surface area contributed by atoms with Crippen LogP contribution in [0.25, 0.3) is 0 Å². The number of rotatable bonds is 7. The van der Waals surface area contributed by atoms with E-state index < -0.39 is 15.6 Å². The number of anilines is 1. The molecule has 0 aliphatic rings. The van der Waals surface area contributed by atoms with Crippen molar-refractivity contribution in [3.05, 3.63) is 54.1 Å². The van der Waals surface area contributed by atoms with E-state index >= 15 is 0 Å². The van der Waals surface area contributed by atoms with Gasteiger partial charge in [-0.1, -0.05) is 0 Å². The zero-order chi connectivity index (χ0) is 19.4. The molecule has 0 radical (unpaired) electrons. The Morgan fingerprint density at radius 2 is 1.63 bits per heavy atom. The van der Waals surface area contributed by atoms with Crippen LogP contribution in [0.15, 0.2) is 53.4 Å². The number of nitrogens with two attached hydrogens (primary N) is 1. The highest BCUT2D eigenvalue weighted by Gasteiger charge is 2.17. The van der Waals surface area contributed by atoms with Crippen LogP contribution in [0, 0.1) is 0 Å². The summed E-state index contributed by atoms with van der Waals surface area (Å²) in [6.07, 6.45) is 0. The molecule has 0 atom stereocenters. The normalized spacial score (nSPS) is 11.3. The van der Waals surface area contributed by atoms with Crippen LogP contribution < -0.4 is 20.5 Å². The highest BCUT2D eigenvalue weighted by molar-refractivity contribution is 7.92. The maximum absolute atomic E-state index is 12.4. The van der Waals surface area contributed by atoms with Crippen molar-refractivity contribution in [2.45, 2.75) is 24.3 Å². The van der Waals surface area contributed by atoms with E-state index in [4.69, 9.17) is 10.5 Å². The topological polar surface area (TPSA) is 111 Å². The Kier molecular flexibility index (Phi) is 7.65. The fourth-order valence-electron chi connectivity index (χ4n) is 2.07. The van der Waals surface area contributed by atoms with Crippen LogP contribution in [-0.2, 0) is 10.0 Å². The second-order valence-electron chi connectivity index (χ2n) is 6.53. The van der Waals surface area contributed by atoms with E-state index in [-0.39, 0.29) is 23.2 Å². The number of ether oxygens (including phenoxy) is 1. The molecule has 0 aliphatic heterocycles. The third kappa shape index (κ3) is 6.74. The molecule has 0 unspecified atom stereocenters. The molecule has 4 N–H and O–H groups in total. The van der Waals surface area contributed by atoms with Gasteiger partial charge < -0.3 is 15.8 Å². The van der Waals surface area contributed by atoms with Gasteiger partial charge in [0.15, 0.2) is 0 Å². The summed E-state index contributed by atoms with van der Waals surface area (Å²) >= 11 is 0. The zero-order valence-electron chi connectivity index (χ0n) is 15.4. The maximum Gasteiger partial charge on any atom is 0.261 e. The summed E-state index contributed by atoms with van der Waals surface area (Å²) in [4.78, 5) is 12.1. The average Bonchev–Trinajstić information content (AvgIpc) is 2.59. The van der Waals surface area contributed by atoms with Crippen LogP contribution in [0.5, 0.6) is 5.75 Å². The van der Waals surface area contributed by atoms with Gasteiger partial charge in [0.2, 0.25) is 0 Å². The number of sulfonamides is 1. The van der Waals surface area contributed by atoms with Gasteiger partial charge in [0, 0.05) is 23.3 Å². The number of halogens is 1. The zero-order valence-corrected chi connectivity index (χ0v) is 17.0. The van der Waals surface area contributed by atoms with Crippen LogP contribution in [-0.4, -0.2) is 33.5 Å². The number of benzene rings is 2. The molecule has 0 saturated carbocycles. The minimum Gasteiger partial charge on any atom is -0.497 e. The van der Waals surface area contributed by atoms with E-state index in [2.05, 4.69) is 10.0 Å². The van der Waals surface area contributed by atoms with Gasteiger partial charge in [-0.05, 0) is 62.4 Å². The first-order chi connectivity index (χ1) is 12.1. The Bertz CT molecular complexity index is 861. The number of hydrogen-bond acceptors (Lipinski definition) is 5. The van der Waals surface area contributed by atoms with Gasteiger partial charge in [-0.15, -0.1) is 12.4 Å². The molecule has 2 aromatic rings. The first-order valence-corrected chi connectivity index (χ1v) is 9.43. The molecule has 0 bridgehead atoms. The van der Waals surface area contributed by atoms with Crippen LogP contribution in [0.3, 0.4) is 0 Å². The van der Waals surface area contributed by atoms with Gasteiger partial charge >= 0.3 is 0 Å². The molecule has 7 nitrogen and oxygen atoms in total. The standard InChI is InChI=1S/C18H23N3O4S.ClH/c1-18(2,19)12-20-17(22)13-4-10-16(11-5-13)26(23,24)21-14-6-8-15(25-3)9-7-14;/h4-11,21H,12,19H2,1-3H3,(H,20,22);1H. The van der Waals surface area contributed by atoms with Crippen LogP contribution in [0.4, 0.5) is 5.69 Å². The van der Waals surface area contributed by atoms with Crippen molar-refractivity contribution >= 4 is 34.0 Å². The molecule has 0 heterocycles. The van der Waals surface area contributed by atoms with E-state index in [9.17, 15) is 13.2 Å². The number of amides is 1. The lowest BCUT2D eigenvalue weighted by molar-refractivity contribution is 0.0946. The number of carbonyl (C=O) groups excluding carboxylic acids is 1. The minimum absolute atomic E-state index is 0. The Labute approximate surface area is 165 Å². The summed E-state index contributed by atoms with van der Waals surface area (Å²) < 4.78 is 32.4. The Morgan fingerprint density at radius 1 is 1.07 bits per heavy atom. The fourth-order valence-corrected chi connectivity index (χ4v) is 3.13. The molecular formula is C18H24ClN3O4S. The molecule has 2 rings (SSSR count). The van der Waals surface area contributed by atoms with Gasteiger partial charge in [-0.3, -0.25) is 9.52 Å². The number of carbonyl (C=O) groups is 1. The van der Waals surface area contributed by atoms with E-state index in [1.807, 2.05) is 0 Å². The van der Waals surface area contributed by atoms with Gasteiger partial charge in [0.1, 0.15) is 5.75 Å². The number of nitrogens with one attached hydrogen (secondary N) is 2. The highest BCUT2D eigenvalue weighted by atomic mass is 35.5. The lowest BCUT2D eigenvalue weighted by atomic mass is 10.1. The van der Waals surface area contributed by atoms with Crippen molar-refractivity contribution in [1.29, 1.82) is 0 Å². The molecule has 0 aliphatic carbocycles. The molecule has 27 heavy (non-hydrogen) atoms. The van der Waals surface area contributed by atoms with Crippen molar-refractivity contribution in [2.75, 3.05) is 18.4 Å². The van der Waals surface area contributed by atoms with Crippen molar-refractivity contribution in [1.82, 2.24) is 5.32 Å². The van der Waals surface area contributed by atoms with Gasteiger partial charge in [0.05, 0.1) is 12.0 Å². The third-order valence-electron chi connectivity index (χ3n) is 3.47.